The maximum Gasteiger partial charge on any atom is 0.274 e. The molecule has 0 aliphatic rings. The summed E-state index contributed by atoms with van der Waals surface area (Å²) in [6.45, 7) is 18.4. The Kier molecular flexibility index (Phi) is 22.5. The van der Waals surface area contributed by atoms with Crippen LogP contribution in [0.3, 0.4) is 0 Å². The molecule has 65 heavy (non-hydrogen) atoms. The van der Waals surface area contributed by atoms with Crippen LogP contribution in [0.4, 0.5) is 17.1 Å². The van der Waals surface area contributed by atoms with Crippen molar-refractivity contribution in [3.8, 4) is 0 Å². The third-order valence-electron chi connectivity index (χ3n) is 9.79. The van der Waals surface area contributed by atoms with E-state index in [1.54, 1.807) is 13.1 Å². The van der Waals surface area contributed by atoms with Crippen molar-refractivity contribution in [2.75, 3.05) is 49.2 Å². The van der Waals surface area contributed by atoms with E-state index in [1.807, 2.05) is 57.2 Å². The average molecular weight is 897 g/mol. The molecule has 18 heteroatoms. The Morgan fingerprint density at radius 3 is 1.69 bits per heavy atom. The number of nitrogens with two attached hydrogens (primary N) is 6. The molecule has 0 bridgehead atoms. The van der Waals surface area contributed by atoms with Gasteiger partial charge >= 0.3 is 0 Å². The first kappa shape index (κ1) is 54.5. The summed E-state index contributed by atoms with van der Waals surface area (Å²) in [6.07, 6.45) is 9.83. The summed E-state index contributed by atoms with van der Waals surface area (Å²) in [7, 11) is 1.64. The summed E-state index contributed by atoms with van der Waals surface area (Å²) in [4.78, 5) is 67.7. The second-order valence-electron chi connectivity index (χ2n) is 17.3. The van der Waals surface area contributed by atoms with Crippen molar-refractivity contribution < 1.29 is 19.2 Å². The molecule has 0 unspecified atom stereocenters. The third-order valence-corrected chi connectivity index (χ3v) is 9.79. The molecule has 3 aromatic rings. The molecule has 0 atom stereocenters. The molecule has 18 nitrogen and oxygen atoms in total. The molecule has 0 aliphatic carbocycles. The molecule has 354 valence electrons. The van der Waals surface area contributed by atoms with Gasteiger partial charge in [-0.2, -0.15) is 0 Å². The molecule has 0 fully saturated rings. The zero-order valence-electron chi connectivity index (χ0n) is 39.3. The largest absolute Gasteiger partial charge is 0.370 e. The van der Waals surface area contributed by atoms with Crippen molar-refractivity contribution in [2.24, 2.45) is 44.4 Å². The summed E-state index contributed by atoms with van der Waals surface area (Å²) in [5, 5.41) is 11.5. The van der Waals surface area contributed by atoms with E-state index in [9.17, 15) is 19.2 Å². The van der Waals surface area contributed by atoms with Crippen LogP contribution in [0.5, 0.6) is 0 Å². The molecule has 1 aromatic heterocycles. The van der Waals surface area contributed by atoms with E-state index in [0.29, 0.717) is 86.5 Å². The van der Waals surface area contributed by atoms with E-state index in [4.69, 9.17) is 34.4 Å². The van der Waals surface area contributed by atoms with Crippen LogP contribution < -0.4 is 55.7 Å². The molecular formula is C47H72N14O4. The molecule has 1 heterocycles. The number of anilines is 3. The lowest BCUT2D eigenvalue weighted by Crippen LogP contribution is -2.23. The number of nitrogens with zero attached hydrogens (tertiary/aromatic N) is 4. The molecule has 4 amide bonds. The van der Waals surface area contributed by atoms with Crippen LogP contribution >= 0.6 is 0 Å². The number of aliphatic imine (C=N–C) groups is 2. The standard InChI is InChI=1S/C41H58N12O3.C6H14N2O/c1-25(16-19-48-39(45)46)28-15-14-26(40(2,3)4)20-30(28)52-36(55)33-23-34(50-24-49-33)37(56)53-32-22-27(41(5,6)7)21-31(51-35(54)13-8-10-17-42)29(32)12-9-11-18-47-38(43)44;1-8-6(9)4-2-3-5-7/h9,12,14-15,20-24H,1,8,10-11,13,16-19,42H2,2-7H3,(H,51,54)(H,52,55)(H,53,56)(H4,43,44,47)(H4,45,46,48);2-5,7H2,1H3,(H,8,9)/b12-9+;. The van der Waals surface area contributed by atoms with E-state index >= 15 is 0 Å². The van der Waals surface area contributed by atoms with Crippen molar-refractivity contribution >= 4 is 64.3 Å². The first-order valence-electron chi connectivity index (χ1n) is 21.7. The number of rotatable bonds is 21. The Labute approximate surface area is 384 Å². The maximum absolute atomic E-state index is 13.9. The Bertz CT molecular complexity index is 2180. The van der Waals surface area contributed by atoms with Gasteiger partial charge in [-0.25, -0.2) is 9.97 Å². The molecule has 0 saturated carbocycles. The van der Waals surface area contributed by atoms with Gasteiger partial charge in [-0.15, -0.1) is 0 Å². The number of hydrogen-bond acceptors (Lipinski definition) is 10. The van der Waals surface area contributed by atoms with E-state index in [2.05, 4.69) is 68.6 Å². The first-order valence-corrected chi connectivity index (χ1v) is 21.7. The van der Waals surface area contributed by atoms with Crippen molar-refractivity contribution in [3.63, 3.8) is 0 Å². The number of carbonyl (C=O) groups is 4. The predicted octanol–water partition coefficient (Wildman–Crippen LogP) is 4.86. The lowest BCUT2D eigenvalue weighted by atomic mass is 9.85. The predicted molar refractivity (Wildman–Crippen MR) is 265 cm³/mol. The first-order chi connectivity index (χ1) is 30.6. The van der Waals surface area contributed by atoms with Crippen LogP contribution in [0.2, 0.25) is 0 Å². The Morgan fingerprint density at radius 1 is 0.662 bits per heavy atom. The van der Waals surface area contributed by atoms with Crippen molar-refractivity contribution in [1.82, 2.24) is 15.3 Å². The smallest absolute Gasteiger partial charge is 0.274 e. The number of hydrogen-bond donors (Lipinski definition) is 10. The minimum atomic E-state index is -0.591. The molecule has 16 N–H and O–H groups in total. The second-order valence-corrected chi connectivity index (χ2v) is 17.3. The summed E-state index contributed by atoms with van der Waals surface area (Å²) in [5.74, 6) is -1.27. The monoisotopic (exact) mass is 897 g/mol. The number of aromatic nitrogens is 2. The highest BCUT2D eigenvalue weighted by Gasteiger charge is 2.23. The zero-order chi connectivity index (χ0) is 48.7. The van der Waals surface area contributed by atoms with Crippen LogP contribution in [0, 0.1) is 0 Å². The van der Waals surface area contributed by atoms with Gasteiger partial charge in [-0.1, -0.05) is 72.4 Å². The third kappa shape index (κ3) is 19.7. The van der Waals surface area contributed by atoms with Crippen molar-refractivity contribution in [1.29, 1.82) is 0 Å². The van der Waals surface area contributed by atoms with Crippen LogP contribution in [0.15, 0.2) is 65.4 Å². The highest BCUT2D eigenvalue weighted by Crippen LogP contribution is 2.35. The SMILES string of the molecule is C=C(CCN=C(N)N)c1ccc(C(C)(C)C)cc1NC(=O)c1cc(C(=O)Nc2cc(C(C)(C)C)cc(NC(=O)CCCCN)c2/C=C/CCN=C(N)N)ncn1.CNC(=O)CCCCN. The summed E-state index contributed by atoms with van der Waals surface area (Å²) < 4.78 is 0. The van der Waals surface area contributed by atoms with Crippen LogP contribution in [-0.2, 0) is 20.4 Å². The van der Waals surface area contributed by atoms with Gasteiger partial charge in [0, 0.05) is 55.9 Å². The van der Waals surface area contributed by atoms with Gasteiger partial charge in [0.1, 0.15) is 17.7 Å². The second kappa shape index (κ2) is 26.8. The molecule has 3 rings (SSSR count). The summed E-state index contributed by atoms with van der Waals surface area (Å²) in [5.41, 5.74) is 37.5. The van der Waals surface area contributed by atoms with Crippen LogP contribution in [-0.4, -0.2) is 78.7 Å². The molecule has 0 aliphatic heterocycles. The number of nitrogens with one attached hydrogen (secondary N) is 4. The normalized spacial score (nSPS) is 11.2. The number of amides is 4. The van der Waals surface area contributed by atoms with Crippen LogP contribution in [0.25, 0.3) is 11.6 Å². The Hall–Kier alpha value is -6.66. The molecule has 2 aromatic carbocycles. The Morgan fingerprint density at radius 2 is 1.17 bits per heavy atom. The van der Waals surface area contributed by atoms with Crippen LogP contribution in [0.1, 0.15) is 136 Å². The van der Waals surface area contributed by atoms with Gasteiger partial charge < -0.3 is 55.7 Å². The van der Waals surface area contributed by atoms with Gasteiger partial charge in [0.25, 0.3) is 11.8 Å². The number of unbranched alkanes of at least 4 members (excludes halogenated alkanes) is 2. The zero-order valence-corrected chi connectivity index (χ0v) is 39.3. The van der Waals surface area contributed by atoms with E-state index < -0.39 is 11.8 Å². The van der Waals surface area contributed by atoms with Crippen molar-refractivity contribution in [2.45, 2.75) is 104 Å². The van der Waals surface area contributed by atoms with E-state index in [-0.39, 0.29) is 52.4 Å². The average Bonchev–Trinajstić information content (AvgIpc) is 3.23. The van der Waals surface area contributed by atoms with Crippen molar-refractivity contribution in [3.05, 3.63) is 89.0 Å². The van der Waals surface area contributed by atoms with Gasteiger partial charge in [0.15, 0.2) is 11.9 Å². The fourth-order valence-electron chi connectivity index (χ4n) is 5.99. The number of guanidine groups is 2. The van der Waals surface area contributed by atoms with Gasteiger partial charge in [0.05, 0.1) is 11.4 Å². The quantitative estimate of drug-likeness (QED) is 0.0390. The maximum atomic E-state index is 13.9. The van der Waals surface area contributed by atoms with Gasteiger partial charge in [-0.3, -0.25) is 29.2 Å². The topological polar surface area (TPSA) is 323 Å². The van der Waals surface area contributed by atoms with E-state index in [0.717, 1.165) is 35.9 Å². The summed E-state index contributed by atoms with van der Waals surface area (Å²) in [6, 6.07) is 10.9. The lowest BCUT2D eigenvalue weighted by Gasteiger charge is -2.24. The van der Waals surface area contributed by atoms with Gasteiger partial charge in [0.2, 0.25) is 11.8 Å². The molecule has 0 saturated heterocycles. The highest BCUT2D eigenvalue weighted by atomic mass is 16.2. The summed E-state index contributed by atoms with van der Waals surface area (Å²) >= 11 is 0. The molecule has 0 radical (unpaired) electrons. The fourth-order valence-corrected chi connectivity index (χ4v) is 5.99. The fraction of sp³-hybridized carbons (Fsp3) is 0.447. The Balaban J connectivity index is 0.00000145. The molecule has 0 spiro atoms. The van der Waals surface area contributed by atoms with Gasteiger partial charge in [-0.05, 0) is 97.3 Å². The minimum absolute atomic E-state index is 0.0200. The lowest BCUT2D eigenvalue weighted by molar-refractivity contribution is -0.120. The van der Waals surface area contributed by atoms with E-state index in [1.165, 1.54) is 6.07 Å². The number of benzene rings is 2. The molecular weight excluding hydrogens is 825 g/mol. The highest BCUT2D eigenvalue weighted by molar-refractivity contribution is 6.09. The minimum Gasteiger partial charge on any atom is -0.370 e. The number of carbonyl (C=O) groups excluding carboxylic acids is 4.